The van der Waals surface area contributed by atoms with Gasteiger partial charge in [-0.2, -0.15) is 0 Å². The van der Waals surface area contributed by atoms with Crippen molar-refractivity contribution in [2.24, 2.45) is 5.92 Å². The number of likely N-dealkylation sites (tertiary alicyclic amines) is 1. The van der Waals surface area contributed by atoms with E-state index < -0.39 is 0 Å². The van der Waals surface area contributed by atoms with E-state index >= 15 is 0 Å². The van der Waals surface area contributed by atoms with Crippen molar-refractivity contribution in [2.75, 3.05) is 46.8 Å². The Morgan fingerprint density at radius 2 is 2.06 bits per heavy atom. The molecule has 0 aromatic heterocycles. The van der Waals surface area contributed by atoms with Gasteiger partial charge in [-0.1, -0.05) is 0 Å². The van der Waals surface area contributed by atoms with Gasteiger partial charge in [0.1, 0.15) is 0 Å². The van der Waals surface area contributed by atoms with Crippen LogP contribution in [-0.4, -0.2) is 62.7 Å². The molecule has 0 bridgehead atoms. The summed E-state index contributed by atoms with van der Waals surface area (Å²) < 4.78 is 0. The maximum Gasteiger partial charge on any atom is 0.0105 e. The molecular formula is C14H29N3. The molecule has 0 aliphatic carbocycles. The van der Waals surface area contributed by atoms with Gasteiger partial charge in [-0.05, 0) is 78.3 Å². The predicted molar refractivity (Wildman–Crippen MR) is 73.4 cm³/mol. The lowest BCUT2D eigenvalue weighted by molar-refractivity contribution is 0.174. The van der Waals surface area contributed by atoms with E-state index in [4.69, 9.17) is 0 Å². The molecule has 1 N–H and O–H groups in total. The molecule has 2 aliphatic rings. The first kappa shape index (κ1) is 13.3. The van der Waals surface area contributed by atoms with Gasteiger partial charge >= 0.3 is 0 Å². The monoisotopic (exact) mass is 239 g/mol. The molecule has 2 rings (SSSR count). The molecule has 0 aromatic rings. The van der Waals surface area contributed by atoms with Gasteiger partial charge in [-0.25, -0.2) is 0 Å². The average Bonchev–Trinajstić information content (AvgIpc) is 2.55. The zero-order valence-electron chi connectivity index (χ0n) is 11.6. The molecule has 0 radical (unpaired) electrons. The van der Waals surface area contributed by atoms with Gasteiger partial charge in [0.05, 0.1) is 0 Å². The summed E-state index contributed by atoms with van der Waals surface area (Å²) in [5.74, 6) is 0.884. The average molecular weight is 239 g/mol. The third-order valence-corrected chi connectivity index (χ3v) is 4.49. The summed E-state index contributed by atoms with van der Waals surface area (Å²) in [6.07, 6.45) is 6.90. The molecule has 17 heavy (non-hydrogen) atoms. The van der Waals surface area contributed by atoms with E-state index in [9.17, 15) is 0 Å². The summed E-state index contributed by atoms with van der Waals surface area (Å²) in [6.45, 7) is 6.32. The van der Waals surface area contributed by atoms with E-state index in [-0.39, 0.29) is 0 Å². The fourth-order valence-corrected chi connectivity index (χ4v) is 3.30. The van der Waals surface area contributed by atoms with Crippen molar-refractivity contribution in [3.05, 3.63) is 0 Å². The molecule has 0 amide bonds. The second-order valence-corrected chi connectivity index (χ2v) is 6.04. The number of hydrogen-bond acceptors (Lipinski definition) is 3. The van der Waals surface area contributed by atoms with Crippen molar-refractivity contribution >= 4 is 0 Å². The molecule has 2 aliphatic heterocycles. The maximum atomic E-state index is 3.53. The van der Waals surface area contributed by atoms with Crippen LogP contribution in [-0.2, 0) is 0 Å². The van der Waals surface area contributed by atoms with Gasteiger partial charge in [-0.3, -0.25) is 0 Å². The number of hydrogen-bond donors (Lipinski definition) is 1. The minimum atomic E-state index is 0.821. The van der Waals surface area contributed by atoms with Gasteiger partial charge in [-0.15, -0.1) is 0 Å². The molecule has 100 valence electrons. The fourth-order valence-electron chi connectivity index (χ4n) is 3.30. The van der Waals surface area contributed by atoms with Crippen LogP contribution in [0.2, 0.25) is 0 Å². The van der Waals surface area contributed by atoms with Crippen LogP contribution in [0.1, 0.15) is 32.1 Å². The standard InChI is InChI=1S/C14H29N3/c1-16-9-4-6-14(7-10-16)17(2)12-13-5-3-8-15-11-13/h13-15H,3-12H2,1-2H3. The summed E-state index contributed by atoms with van der Waals surface area (Å²) in [4.78, 5) is 5.12. The van der Waals surface area contributed by atoms with Crippen molar-refractivity contribution in [1.82, 2.24) is 15.1 Å². The summed E-state index contributed by atoms with van der Waals surface area (Å²) in [7, 11) is 4.60. The Bertz CT molecular complexity index is 214. The van der Waals surface area contributed by atoms with E-state index in [1.165, 1.54) is 64.8 Å². The second kappa shape index (κ2) is 6.72. The smallest absolute Gasteiger partial charge is 0.0105 e. The number of nitrogens with one attached hydrogen (secondary N) is 1. The van der Waals surface area contributed by atoms with Gasteiger partial charge < -0.3 is 15.1 Å². The first-order valence-electron chi connectivity index (χ1n) is 7.35. The quantitative estimate of drug-likeness (QED) is 0.803. The van der Waals surface area contributed by atoms with Gasteiger partial charge in [0, 0.05) is 12.6 Å². The van der Waals surface area contributed by atoms with Crippen molar-refractivity contribution in [1.29, 1.82) is 0 Å². The van der Waals surface area contributed by atoms with Crippen molar-refractivity contribution in [2.45, 2.75) is 38.1 Å². The molecule has 0 spiro atoms. The zero-order valence-corrected chi connectivity index (χ0v) is 11.6. The van der Waals surface area contributed by atoms with Crippen LogP contribution >= 0.6 is 0 Å². The first-order valence-corrected chi connectivity index (χ1v) is 7.35. The lowest BCUT2D eigenvalue weighted by Gasteiger charge is -2.32. The number of nitrogens with zero attached hydrogens (tertiary/aromatic N) is 2. The molecule has 2 atom stereocenters. The summed E-state index contributed by atoms with van der Waals surface area (Å²) in [6, 6.07) is 0.821. The second-order valence-electron chi connectivity index (χ2n) is 6.04. The van der Waals surface area contributed by atoms with Gasteiger partial charge in [0.2, 0.25) is 0 Å². The lowest BCUT2D eigenvalue weighted by atomic mass is 9.97. The lowest BCUT2D eigenvalue weighted by Crippen LogP contribution is -2.41. The van der Waals surface area contributed by atoms with Crippen molar-refractivity contribution < 1.29 is 0 Å². The van der Waals surface area contributed by atoms with Gasteiger partial charge in [0.25, 0.3) is 0 Å². The van der Waals surface area contributed by atoms with Crippen LogP contribution in [0.25, 0.3) is 0 Å². The van der Waals surface area contributed by atoms with Crippen molar-refractivity contribution in [3.63, 3.8) is 0 Å². The molecular weight excluding hydrogens is 210 g/mol. The highest BCUT2D eigenvalue weighted by molar-refractivity contribution is 4.78. The number of piperidine rings is 1. The van der Waals surface area contributed by atoms with Gasteiger partial charge in [0.15, 0.2) is 0 Å². The van der Waals surface area contributed by atoms with Crippen LogP contribution in [0.3, 0.4) is 0 Å². The Kier molecular flexibility index (Phi) is 5.26. The van der Waals surface area contributed by atoms with E-state index in [2.05, 4.69) is 29.2 Å². The first-order chi connectivity index (χ1) is 8.25. The molecule has 0 saturated carbocycles. The molecule has 0 aromatic carbocycles. The third-order valence-electron chi connectivity index (χ3n) is 4.49. The topological polar surface area (TPSA) is 18.5 Å². The molecule has 2 heterocycles. The normalized spacial score (nSPS) is 32.6. The predicted octanol–water partition coefficient (Wildman–Crippen LogP) is 1.40. The fraction of sp³-hybridized carbons (Fsp3) is 1.00. The summed E-state index contributed by atoms with van der Waals surface area (Å²) in [5, 5.41) is 3.53. The Morgan fingerprint density at radius 1 is 1.18 bits per heavy atom. The molecule has 2 fully saturated rings. The van der Waals surface area contributed by atoms with E-state index in [0.717, 1.165) is 12.0 Å². The molecule has 3 nitrogen and oxygen atoms in total. The van der Waals surface area contributed by atoms with Crippen molar-refractivity contribution in [3.8, 4) is 0 Å². The molecule has 2 saturated heterocycles. The highest BCUT2D eigenvalue weighted by Crippen LogP contribution is 2.18. The van der Waals surface area contributed by atoms with Crippen LogP contribution in [0, 0.1) is 5.92 Å². The molecule has 2 unspecified atom stereocenters. The summed E-state index contributed by atoms with van der Waals surface area (Å²) in [5.41, 5.74) is 0. The Balaban J connectivity index is 1.75. The maximum absolute atomic E-state index is 3.53. The van der Waals surface area contributed by atoms with E-state index in [1.54, 1.807) is 0 Å². The van der Waals surface area contributed by atoms with Crippen LogP contribution < -0.4 is 5.32 Å². The third kappa shape index (κ3) is 4.23. The largest absolute Gasteiger partial charge is 0.316 e. The summed E-state index contributed by atoms with van der Waals surface area (Å²) >= 11 is 0. The molecule has 3 heteroatoms. The highest BCUT2D eigenvalue weighted by Gasteiger charge is 2.22. The Morgan fingerprint density at radius 3 is 2.82 bits per heavy atom. The highest BCUT2D eigenvalue weighted by atomic mass is 15.2. The van der Waals surface area contributed by atoms with Crippen LogP contribution in [0.5, 0.6) is 0 Å². The number of rotatable bonds is 3. The minimum absolute atomic E-state index is 0.821. The minimum Gasteiger partial charge on any atom is -0.316 e. The van der Waals surface area contributed by atoms with E-state index in [1.807, 2.05) is 0 Å². The van der Waals surface area contributed by atoms with Crippen LogP contribution in [0.15, 0.2) is 0 Å². The zero-order chi connectivity index (χ0) is 12.1. The van der Waals surface area contributed by atoms with Crippen LogP contribution in [0.4, 0.5) is 0 Å². The van der Waals surface area contributed by atoms with E-state index in [0.29, 0.717) is 0 Å². The Hall–Kier alpha value is -0.120. The SMILES string of the molecule is CN1CCCC(N(C)CC2CCCNC2)CC1. The Labute approximate surface area is 107 Å².